The van der Waals surface area contributed by atoms with Crippen LogP contribution in [-0.2, 0) is 0 Å². The van der Waals surface area contributed by atoms with E-state index in [1.165, 1.54) is 37.8 Å². The second-order valence-corrected chi connectivity index (χ2v) is 12.2. The molecule has 0 aliphatic rings. The Morgan fingerprint density at radius 2 is 0.917 bits per heavy atom. The third-order valence-corrected chi connectivity index (χ3v) is 9.50. The Morgan fingerprint density at radius 1 is 0.375 bits per heavy atom. The summed E-state index contributed by atoms with van der Waals surface area (Å²) in [6.45, 7) is 0. The Labute approximate surface area is 276 Å². The van der Waals surface area contributed by atoms with Crippen LogP contribution in [0.1, 0.15) is 0 Å². The molecule has 0 N–H and O–H groups in total. The molecule has 0 aliphatic heterocycles. The van der Waals surface area contributed by atoms with Gasteiger partial charge in [0.25, 0.3) is 0 Å². The fraction of sp³-hybridized carbons (Fsp3) is 0. The molecule has 0 fully saturated rings. The Kier molecular flexibility index (Phi) is 5.84. The summed E-state index contributed by atoms with van der Waals surface area (Å²) in [6, 6.07) is 59.9. The van der Waals surface area contributed by atoms with E-state index in [0.29, 0.717) is 5.82 Å². The topological polar surface area (TPSA) is 35.6 Å². The fourth-order valence-corrected chi connectivity index (χ4v) is 7.48. The molecule has 224 valence electrons. The summed E-state index contributed by atoms with van der Waals surface area (Å²) in [7, 11) is 0. The second-order valence-electron chi connectivity index (χ2n) is 12.2. The van der Waals surface area contributed by atoms with Crippen LogP contribution in [0.15, 0.2) is 170 Å². The first kappa shape index (κ1) is 26.7. The van der Waals surface area contributed by atoms with Gasteiger partial charge in [0.2, 0.25) is 0 Å². The summed E-state index contributed by atoms with van der Waals surface area (Å²) in [5.74, 6) is 1.53. The van der Waals surface area contributed by atoms with Gasteiger partial charge >= 0.3 is 0 Å². The van der Waals surface area contributed by atoms with E-state index in [1.54, 1.807) is 0 Å². The van der Waals surface area contributed by atoms with Crippen molar-refractivity contribution in [2.75, 3.05) is 0 Å². The zero-order chi connectivity index (χ0) is 31.6. The molecule has 48 heavy (non-hydrogen) atoms. The van der Waals surface area contributed by atoms with E-state index < -0.39 is 0 Å². The van der Waals surface area contributed by atoms with E-state index in [1.807, 2.05) is 24.3 Å². The Hall–Kier alpha value is -6.52. The molecule has 0 saturated carbocycles. The number of hydrogen-bond donors (Lipinski definition) is 0. The lowest BCUT2D eigenvalue weighted by atomic mass is 9.98. The number of hydrogen-bond acceptors (Lipinski definition) is 2. The summed E-state index contributed by atoms with van der Waals surface area (Å²) < 4.78 is 4.84. The molecular weight excluding hydrogens is 585 g/mol. The van der Waals surface area contributed by atoms with Crippen LogP contribution >= 0.6 is 0 Å². The SMILES string of the molecule is c1ccc(-c2cc(-n3c4ccccc4c4c3c3c5ccccc5c5ccccc5c3n4-c3ccccc3)nc(-c3ccccc3)n2)cc1. The predicted molar refractivity (Wildman–Crippen MR) is 199 cm³/mol. The summed E-state index contributed by atoms with van der Waals surface area (Å²) in [5, 5.41) is 7.30. The third-order valence-electron chi connectivity index (χ3n) is 9.50. The highest BCUT2D eigenvalue weighted by Gasteiger charge is 2.26. The van der Waals surface area contributed by atoms with Crippen molar-refractivity contribution in [1.82, 2.24) is 19.1 Å². The first-order valence-corrected chi connectivity index (χ1v) is 16.3. The molecule has 10 rings (SSSR count). The van der Waals surface area contributed by atoms with Gasteiger partial charge in [0, 0.05) is 39.0 Å². The van der Waals surface area contributed by atoms with Gasteiger partial charge in [-0.1, -0.05) is 146 Å². The molecule has 3 aromatic heterocycles. The van der Waals surface area contributed by atoms with E-state index >= 15 is 0 Å². The van der Waals surface area contributed by atoms with Crippen LogP contribution in [0, 0.1) is 0 Å². The van der Waals surface area contributed by atoms with Crippen LogP contribution in [0.25, 0.3) is 88.5 Å². The maximum atomic E-state index is 5.35. The molecule has 0 bridgehead atoms. The van der Waals surface area contributed by atoms with Crippen molar-refractivity contribution in [1.29, 1.82) is 0 Å². The molecule has 0 atom stereocenters. The zero-order valence-electron chi connectivity index (χ0n) is 26.0. The monoisotopic (exact) mass is 612 g/mol. The Balaban J connectivity index is 1.46. The minimum Gasteiger partial charge on any atom is -0.306 e. The number of nitrogens with zero attached hydrogens (tertiary/aromatic N) is 4. The van der Waals surface area contributed by atoms with Crippen molar-refractivity contribution in [2.45, 2.75) is 0 Å². The number of fused-ring (bicyclic) bond motifs is 10. The van der Waals surface area contributed by atoms with E-state index in [2.05, 4.69) is 155 Å². The summed E-state index contributed by atoms with van der Waals surface area (Å²) in [5.41, 5.74) is 8.62. The van der Waals surface area contributed by atoms with Crippen molar-refractivity contribution in [3.63, 3.8) is 0 Å². The summed E-state index contributed by atoms with van der Waals surface area (Å²) in [6.07, 6.45) is 0. The minimum absolute atomic E-state index is 0.694. The van der Waals surface area contributed by atoms with E-state index in [9.17, 15) is 0 Å². The molecule has 0 radical (unpaired) electrons. The van der Waals surface area contributed by atoms with Crippen molar-refractivity contribution in [2.24, 2.45) is 0 Å². The van der Waals surface area contributed by atoms with E-state index in [0.717, 1.165) is 44.9 Å². The van der Waals surface area contributed by atoms with Gasteiger partial charge in [0.1, 0.15) is 5.82 Å². The number of para-hydroxylation sites is 2. The first-order valence-electron chi connectivity index (χ1n) is 16.3. The van der Waals surface area contributed by atoms with Gasteiger partial charge in [-0.2, -0.15) is 0 Å². The van der Waals surface area contributed by atoms with Crippen LogP contribution in [0.2, 0.25) is 0 Å². The molecule has 3 heterocycles. The van der Waals surface area contributed by atoms with Crippen molar-refractivity contribution < 1.29 is 0 Å². The van der Waals surface area contributed by atoms with Gasteiger partial charge < -0.3 is 4.57 Å². The first-order chi connectivity index (χ1) is 23.8. The van der Waals surface area contributed by atoms with E-state index in [-0.39, 0.29) is 0 Å². The summed E-state index contributed by atoms with van der Waals surface area (Å²) in [4.78, 5) is 10.5. The average Bonchev–Trinajstić information content (AvgIpc) is 3.69. The molecule has 4 heteroatoms. The van der Waals surface area contributed by atoms with Crippen molar-refractivity contribution >= 4 is 54.4 Å². The van der Waals surface area contributed by atoms with Crippen LogP contribution in [0.4, 0.5) is 0 Å². The minimum atomic E-state index is 0.694. The van der Waals surface area contributed by atoms with Crippen LogP contribution in [0.5, 0.6) is 0 Å². The van der Waals surface area contributed by atoms with Crippen molar-refractivity contribution in [3.05, 3.63) is 170 Å². The van der Waals surface area contributed by atoms with E-state index in [4.69, 9.17) is 9.97 Å². The molecule has 0 aliphatic carbocycles. The standard InChI is InChI=1S/C44H28N4/c1-4-16-29(17-5-1)37-28-39(46-44(45-37)30-18-6-2-7-19-30)48-38-27-15-14-26-36(38)42-43(48)40-34-24-12-10-22-32(34)33-23-11-13-25-35(33)41(40)47(42)31-20-8-3-9-21-31/h1-28H. The van der Waals surface area contributed by atoms with Gasteiger partial charge in [-0.25, -0.2) is 9.97 Å². The lowest BCUT2D eigenvalue weighted by molar-refractivity contribution is 1.05. The maximum Gasteiger partial charge on any atom is 0.162 e. The molecule has 0 unspecified atom stereocenters. The quantitative estimate of drug-likeness (QED) is 0.185. The van der Waals surface area contributed by atoms with Crippen LogP contribution in [-0.4, -0.2) is 19.1 Å². The average molecular weight is 613 g/mol. The third kappa shape index (κ3) is 3.90. The predicted octanol–water partition coefficient (Wildman–Crippen LogP) is 11.2. The normalized spacial score (nSPS) is 11.8. The molecule has 0 spiro atoms. The maximum absolute atomic E-state index is 5.35. The van der Waals surface area contributed by atoms with Gasteiger partial charge in [-0.15, -0.1) is 0 Å². The van der Waals surface area contributed by atoms with Crippen LogP contribution < -0.4 is 0 Å². The molecular formula is C44H28N4. The molecule has 7 aromatic carbocycles. The molecule has 0 saturated heterocycles. The van der Waals surface area contributed by atoms with Gasteiger partial charge in [-0.3, -0.25) is 4.57 Å². The second kappa shape index (κ2) is 10.5. The summed E-state index contributed by atoms with van der Waals surface area (Å²) >= 11 is 0. The largest absolute Gasteiger partial charge is 0.306 e. The van der Waals surface area contributed by atoms with Gasteiger partial charge in [-0.05, 0) is 34.4 Å². The highest BCUT2D eigenvalue weighted by atomic mass is 15.1. The van der Waals surface area contributed by atoms with Gasteiger partial charge in [0.05, 0.1) is 27.8 Å². The van der Waals surface area contributed by atoms with Gasteiger partial charge in [0.15, 0.2) is 5.82 Å². The zero-order valence-corrected chi connectivity index (χ0v) is 26.0. The van der Waals surface area contributed by atoms with Crippen LogP contribution in [0.3, 0.4) is 0 Å². The number of benzene rings is 7. The Morgan fingerprint density at radius 3 is 1.62 bits per heavy atom. The Bertz CT molecular complexity index is 2760. The number of rotatable bonds is 4. The smallest absolute Gasteiger partial charge is 0.162 e. The highest BCUT2D eigenvalue weighted by molar-refractivity contribution is 6.34. The lowest BCUT2D eigenvalue weighted by Gasteiger charge is -2.14. The lowest BCUT2D eigenvalue weighted by Crippen LogP contribution is -2.02. The highest BCUT2D eigenvalue weighted by Crippen LogP contribution is 2.46. The molecule has 10 aromatic rings. The molecule has 0 amide bonds. The van der Waals surface area contributed by atoms with Crippen molar-refractivity contribution in [3.8, 4) is 34.2 Å². The molecule has 4 nitrogen and oxygen atoms in total. The fourth-order valence-electron chi connectivity index (χ4n) is 7.48. The number of aromatic nitrogens is 4.